The Morgan fingerprint density at radius 3 is 2.64 bits per heavy atom. The Balaban J connectivity index is 0.00000151. The van der Waals surface area contributed by atoms with Gasteiger partial charge in [-0.15, -0.1) is 0 Å². The maximum atomic E-state index is 11.6. The van der Waals surface area contributed by atoms with E-state index >= 15 is 0 Å². The highest BCUT2D eigenvalue weighted by atomic mass is 16.5. The lowest BCUT2D eigenvalue weighted by Crippen LogP contribution is -2.18. The van der Waals surface area contributed by atoms with E-state index in [4.69, 9.17) is 15.0 Å². The van der Waals surface area contributed by atoms with Crippen LogP contribution in [0.25, 0.3) is 11.1 Å². The number of carbonyl (C=O) groups is 1. The summed E-state index contributed by atoms with van der Waals surface area (Å²) in [6.07, 6.45) is 3.52. The number of nitrogens with zero attached hydrogens (tertiary/aromatic N) is 2. The highest BCUT2D eigenvalue weighted by Crippen LogP contribution is 2.29. The van der Waals surface area contributed by atoms with Gasteiger partial charge in [0.2, 0.25) is 0 Å². The fraction of sp³-hybridized carbons (Fsp3) is 0.500. The Kier molecular flexibility index (Phi) is 8.46. The van der Waals surface area contributed by atoms with Crippen molar-refractivity contribution in [2.75, 3.05) is 24.2 Å². The zero-order valence-electron chi connectivity index (χ0n) is 15.7. The van der Waals surface area contributed by atoms with Crippen LogP contribution in [-0.4, -0.2) is 29.3 Å². The van der Waals surface area contributed by atoms with Gasteiger partial charge in [0, 0.05) is 17.3 Å². The second-order valence-electron chi connectivity index (χ2n) is 5.29. The third kappa shape index (κ3) is 5.77. The predicted octanol–water partition coefficient (Wildman–Crippen LogP) is 3.72. The van der Waals surface area contributed by atoms with Crippen LogP contribution in [0.4, 0.5) is 11.5 Å². The predicted molar refractivity (Wildman–Crippen MR) is 99.3 cm³/mol. The molecule has 2 aromatic heterocycles. The molecular weight excluding hydrogens is 320 g/mol. The lowest BCUT2D eigenvalue weighted by Gasteiger charge is -2.10. The molecule has 0 amide bonds. The summed E-state index contributed by atoms with van der Waals surface area (Å²) < 4.78 is 10.2. The molecule has 0 fully saturated rings. The molecule has 2 rings (SSSR count). The number of nitrogens with one attached hydrogen (secondary N) is 1. The van der Waals surface area contributed by atoms with Gasteiger partial charge in [0.05, 0.1) is 18.0 Å². The zero-order valence-corrected chi connectivity index (χ0v) is 15.7. The highest BCUT2D eigenvalue weighted by molar-refractivity contribution is 5.78. The third-order valence-corrected chi connectivity index (χ3v) is 3.40. The monoisotopic (exact) mass is 348 g/mol. The Hall–Kier alpha value is -2.57. The van der Waals surface area contributed by atoms with Crippen molar-refractivity contribution in [1.82, 2.24) is 10.1 Å². The Morgan fingerprint density at radius 1 is 1.36 bits per heavy atom. The van der Waals surface area contributed by atoms with Gasteiger partial charge in [-0.1, -0.05) is 32.3 Å². The number of anilines is 2. The number of carbonyl (C=O) groups excluding carboxylic acids is 1. The van der Waals surface area contributed by atoms with Crippen molar-refractivity contribution in [2.24, 2.45) is 0 Å². The van der Waals surface area contributed by atoms with Crippen LogP contribution in [0.1, 0.15) is 45.1 Å². The van der Waals surface area contributed by atoms with Crippen LogP contribution in [0.3, 0.4) is 0 Å². The molecule has 0 saturated heterocycles. The Morgan fingerprint density at radius 2 is 2.08 bits per heavy atom. The van der Waals surface area contributed by atoms with Crippen molar-refractivity contribution < 1.29 is 14.1 Å². The summed E-state index contributed by atoms with van der Waals surface area (Å²) in [6.45, 7) is 10.2. The van der Waals surface area contributed by atoms with E-state index in [0.29, 0.717) is 23.9 Å². The molecule has 0 aliphatic heterocycles. The van der Waals surface area contributed by atoms with Crippen LogP contribution in [0.5, 0.6) is 0 Å². The van der Waals surface area contributed by atoms with Crippen LogP contribution in [-0.2, 0) is 9.53 Å². The Labute approximate surface area is 148 Å². The molecule has 0 aromatic carbocycles. The topological polar surface area (TPSA) is 103 Å². The van der Waals surface area contributed by atoms with E-state index in [1.165, 1.54) is 0 Å². The van der Waals surface area contributed by atoms with Gasteiger partial charge >= 0.3 is 5.97 Å². The van der Waals surface area contributed by atoms with Crippen molar-refractivity contribution in [1.29, 1.82) is 0 Å². The van der Waals surface area contributed by atoms with Crippen molar-refractivity contribution in [3.05, 3.63) is 23.7 Å². The highest BCUT2D eigenvalue weighted by Gasteiger charge is 2.14. The van der Waals surface area contributed by atoms with E-state index in [1.54, 1.807) is 12.3 Å². The van der Waals surface area contributed by atoms with Crippen molar-refractivity contribution in [3.63, 3.8) is 0 Å². The average Bonchev–Trinajstić information content (AvgIpc) is 2.94. The molecular formula is C18H28N4O3. The molecule has 7 nitrogen and oxygen atoms in total. The fourth-order valence-electron chi connectivity index (χ4n) is 2.20. The summed E-state index contributed by atoms with van der Waals surface area (Å²) in [5.41, 5.74) is 8.95. The number of unbranched alkanes of at least 4 members (excludes halogenated alkanes) is 1. The SMILES string of the molecule is CC.CCCCOC(=O)CNc1ncc(-c2c(C)noc2C)cc1N. The van der Waals surface area contributed by atoms with E-state index in [-0.39, 0.29) is 12.5 Å². The quantitative estimate of drug-likeness (QED) is 0.580. The summed E-state index contributed by atoms with van der Waals surface area (Å²) in [5.74, 6) is 0.839. The van der Waals surface area contributed by atoms with Gasteiger partial charge in [0.1, 0.15) is 18.1 Å². The number of aromatic nitrogens is 2. The van der Waals surface area contributed by atoms with E-state index in [1.807, 2.05) is 34.6 Å². The molecule has 2 aromatic rings. The van der Waals surface area contributed by atoms with Gasteiger partial charge < -0.3 is 20.3 Å². The molecule has 25 heavy (non-hydrogen) atoms. The molecule has 138 valence electrons. The van der Waals surface area contributed by atoms with E-state index in [2.05, 4.69) is 15.5 Å². The lowest BCUT2D eigenvalue weighted by atomic mass is 10.1. The standard InChI is InChI=1S/C16H22N4O3.C2H6/c1-4-5-6-22-14(21)9-19-16-13(17)7-12(8-18-16)15-10(2)20-23-11(15)3;1-2/h7-8H,4-6,9,17H2,1-3H3,(H,18,19);1-2H3. The van der Waals surface area contributed by atoms with E-state index in [9.17, 15) is 4.79 Å². The number of ether oxygens (including phenoxy) is 1. The first kappa shape index (κ1) is 20.5. The van der Waals surface area contributed by atoms with Crippen molar-refractivity contribution in [2.45, 2.75) is 47.5 Å². The molecule has 0 saturated carbocycles. The molecule has 7 heteroatoms. The van der Waals surface area contributed by atoms with Gasteiger partial charge in [-0.25, -0.2) is 4.98 Å². The first-order valence-electron chi connectivity index (χ1n) is 8.61. The number of esters is 1. The van der Waals surface area contributed by atoms with Crippen LogP contribution >= 0.6 is 0 Å². The summed E-state index contributed by atoms with van der Waals surface area (Å²) in [5, 5.41) is 6.81. The molecule has 0 unspecified atom stereocenters. The fourth-order valence-corrected chi connectivity index (χ4v) is 2.20. The second-order valence-corrected chi connectivity index (χ2v) is 5.29. The maximum absolute atomic E-state index is 11.6. The number of nitrogen functional groups attached to an aromatic ring is 1. The summed E-state index contributed by atoms with van der Waals surface area (Å²) >= 11 is 0. The van der Waals surface area contributed by atoms with Crippen molar-refractivity contribution >= 4 is 17.5 Å². The number of hydrogen-bond donors (Lipinski definition) is 2. The molecule has 0 aliphatic rings. The molecule has 0 bridgehead atoms. The number of nitrogens with two attached hydrogens (primary N) is 1. The third-order valence-electron chi connectivity index (χ3n) is 3.40. The Bertz CT molecular complexity index is 663. The number of rotatable bonds is 7. The average molecular weight is 348 g/mol. The first-order valence-corrected chi connectivity index (χ1v) is 8.61. The molecule has 0 spiro atoms. The van der Waals surface area contributed by atoms with Gasteiger partial charge in [-0.05, 0) is 26.3 Å². The number of pyridine rings is 1. The minimum atomic E-state index is -0.325. The van der Waals surface area contributed by atoms with Crippen molar-refractivity contribution in [3.8, 4) is 11.1 Å². The molecule has 2 heterocycles. The minimum Gasteiger partial charge on any atom is -0.464 e. The summed E-state index contributed by atoms with van der Waals surface area (Å²) in [7, 11) is 0. The van der Waals surface area contributed by atoms with Gasteiger partial charge in [0.15, 0.2) is 0 Å². The smallest absolute Gasteiger partial charge is 0.325 e. The molecule has 0 aliphatic carbocycles. The first-order chi connectivity index (χ1) is 12.0. The maximum Gasteiger partial charge on any atom is 0.325 e. The zero-order chi connectivity index (χ0) is 18.8. The molecule has 3 N–H and O–H groups in total. The molecule has 0 atom stereocenters. The molecule has 0 radical (unpaired) electrons. The van der Waals surface area contributed by atoms with E-state index < -0.39 is 0 Å². The summed E-state index contributed by atoms with van der Waals surface area (Å²) in [6, 6.07) is 1.78. The normalized spacial score (nSPS) is 9.96. The van der Waals surface area contributed by atoms with Crippen LogP contribution < -0.4 is 11.1 Å². The van der Waals surface area contributed by atoms with E-state index in [0.717, 1.165) is 29.7 Å². The summed E-state index contributed by atoms with van der Waals surface area (Å²) in [4.78, 5) is 15.8. The van der Waals surface area contributed by atoms with Gasteiger partial charge in [-0.2, -0.15) is 0 Å². The number of hydrogen-bond acceptors (Lipinski definition) is 7. The largest absolute Gasteiger partial charge is 0.464 e. The van der Waals surface area contributed by atoms with Gasteiger partial charge in [-0.3, -0.25) is 4.79 Å². The van der Waals surface area contributed by atoms with Crippen LogP contribution in [0, 0.1) is 13.8 Å². The lowest BCUT2D eigenvalue weighted by molar-refractivity contribution is -0.141. The van der Waals surface area contributed by atoms with Crippen LogP contribution in [0.2, 0.25) is 0 Å². The second kappa shape index (κ2) is 10.3. The number of aryl methyl sites for hydroxylation is 2. The van der Waals surface area contributed by atoms with Gasteiger partial charge in [0.25, 0.3) is 0 Å². The minimum absolute atomic E-state index is 0.0333. The van der Waals surface area contributed by atoms with Crippen LogP contribution in [0.15, 0.2) is 16.8 Å².